The van der Waals surface area contributed by atoms with Crippen molar-refractivity contribution in [2.75, 3.05) is 6.54 Å². The van der Waals surface area contributed by atoms with Gasteiger partial charge in [0.25, 0.3) is 5.91 Å². The Kier molecular flexibility index (Phi) is 4.12. The Morgan fingerprint density at radius 3 is 2.88 bits per heavy atom. The number of H-pyrrole nitrogens is 2. The van der Waals surface area contributed by atoms with Gasteiger partial charge in [-0.3, -0.25) is 4.79 Å². The maximum Gasteiger partial charge on any atom is 0.252 e. The average Bonchev–Trinajstić information content (AvgIpc) is 3.49. The molecule has 1 atom stereocenters. The van der Waals surface area contributed by atoms with Crippen molar-refractivity contribution >= 4 is 35.2 Å². The second-order valence-corrected chi connectivity index (χ2v) is 9.42. The van der Waals surface area contributed by atoms with Crippen molar-refractivity contribution in [3.05, 3.63) is 86.7 Å². The van der Waals surface area contributed by atoms with Crippen LogP contribution in [0, 0.1) is 0 Å². The number of nitrogens with one attached hydrogen (secondary N) is 3. The minimum Gasteiger partial charge on any atom is -0.508 e. The Morgan fingerprint density at radius 2 is 1.94 bits per heavy atom. The molecule has 3 aliphatic rings. The lowest BCUT2D eigenvalue weighted by Gasteiger charge is -2.14. The zero-order valence-corrected chi connectivity index (χ0v) is 18.7. The van der Waals surface area contributed by atoms with Crippen LogP contribution in [0.25, 0.3) is 23.1 Å². The molecule has 6 heteroatoms. The van der Waals surface area contributed by atoms with Crippen molar-refractivity contribution in [2.45, 2.75) is 31.8 Å². The second kappa shape index (κ2) is 7.22. The third-order valence-corrected chi connectivity index (χ3v) is 7.38. The zero-order valence-electron chi connectivity index (χ0n) is 18.7. The van der Waals surface area contributed by atoms with Crippen LogP contribution in [-0.4, -0.2) is 38.3 Å². The van der Waals surface area contributed by atoms with Gasteiger partial charge in [0.15, 0.2) is 12.8 Å². The van der Waals surface area contributed by atoms with Crippen molar-refractivity contribution < 1.29 is 14.5 Å². The number of benzene rings is 2. The number of amides is 1. The van der Waals surface area contributed by atoms with E-state index < -0.39 is 0 Å². The van der Waals surface area contributed by atoms with Crippen molar-refractivity contribution in [1.82, 2.24) is 15.3 Å². The molecule has 0 fully saturated rings. The molecule has 34 heavy (non-hydrogen) atoms. The summed E-state index contributed by atoms with van der Waals surface area (Å²) >= 11 is 0. The quantitative estimate of drug-likeness (QED) is 0.355. The number of fused-ring (bicyclic) bond motifs is 5. The summed E-state index contributed by atoms with van der Waals surface area (Å²) in [6, 6.07) is 12.9. The number of phenolic OH excluding ortho intramolecular Hbond substituents is 1. The number of carbonyl (C=O) groups is 1. The summed E-state index contributed by atoms with van der Waals surface area (Å²) in [7, 11) is 0. The summed E-state index contributed by atoms with van der Waals surface area (Å²) in [6.07, 6.45) is 10.1. The molecule has 4 heterocycles. The Balaban J connectivity index is 1.37. The predicted octanol–water partition coefficient (Wildman–Crippen LogP) is 2.58. The number of aromatic nitrogens is 2. The number of rotatable bonds is 2. The fraction of sp³-hybridized carbons (Fsp3) is 0.214. The third kappa shape index (κ3) is 2.88. The SMILES string of the molecule is O=C1NC(c2c(C=[N+]3CCc4[nH]c5c(c4C3)=CCCC=5)[nH]c3ccccc23)c2cc(O)ccc21. The van der Waals surface area contributed by atoms with Gasteiger partial charge < -0.3 is 20.4 Å². The first-order valence-corrected chi connectivity index (χ1v) is 11.9. The molecule has 0 radical (unpaired) electrons. The van der Waals surface area contributed by atoms with Gasteiger partial charge in [-0.2, -0.15) is 0 Å². The van der Waals surface area contributed by atoms with Crippen LogP contribution in [0.1, 0.15) is 57.3 Å². The second-order valence-electron chi connectivity index (χ2n) is 9.42. The Labute approximate surface area is 196 Å². The molecule has 7 rings (SSSR count). The van der Waals surface area contributed by atoms with Crippen LogP contribution in [0.3, 0.4) is 0 Å². The van der Waals surface area contributed by atoms with Crippen LogP contribution in [0.15, 0.2) is 42.5 Å². The van der Waals surface area contributed by atoms with E-state index >= 15 is 0 Å². The Morgan fingerprint density at radius 1 is 1.06 bits per heavy atom. The highest BCUT2D eigenvalue weighted by Gasteiger charge is 2.34. The van der Waals surface area contributed by atoms with Gasteiger partial charge >= 0.3 is 0 Å². The predicted molar refractivity (Wildman–Crippen MR) is 132 cm³/mol. The molecule has 0 saturated heterocycles. The van der Waals surface area contributed by atoms with Gasteiger partial charge in [-0.1, -0.05) is 30.4 Å². The van der Waals surface area contributed by atoms with Gasteiger partial charge in [0.05, 0.1) is 6.04 Å². The minimum atomic E-state index is -0.319. The standard InChI is InChI=1S/C28H24N4O2/c33-16-9-10-18-20(13-16)27(31-28(18)34)26-19-6-2-4-8-23(19)30-25(26)15-32-12-11-24-21(14-32)17-5-1-3-7-22(17)29-24/h2,4-10,13,15,27,29H,1,3,11-12,14H2,(H2,31,33,34)/p+1. The summed E-state index contributed by atoms with van der Waals surface area (Å²) in [6.45, 7) is 1.78. The topological polar surface area (TPSA) is 83.9 Å². The zero-order chi connectivity index (χ0) is 22.8. The molecule has 1 amide bonds. The van der Waals surface area contributed by atoms with Crippen LogP contribution < -0.4 is 15.9 Å². The van der Waals surface area contributed by atoms with E-state index in [4.69, 9.17) is 0 Å². The van der Waals surface area contributed by atoms with E-state index in [1.807, 2.05) is 12.1 Å². The largest absolute Gasteiger partial charge is 0.508 e. The number of hydrogen-bond donors (Lipinski definition) is 4. The minimum absolute atomic E-state index is 0.107. The summed E-state index contributed by atoms with van der Waals surface area (Å²) < 4.78 is 2.37. The van der Waals surface area contributed by atoms with Crippen molar-refractivity contribution in [2.24, 2.45) is 0 Å². The lowest BCUT2D eigenvalue weighted by molar-refractivity contribution is -0.543. The Hall–Kier alpha value is -4.06. The van der Waals surface area contributed by atoms with E-state index in [-0.39, 0.29) is 17.7 Å². The average molecular weight is 450 g/mol. The van der Waals surface area contributed by atoms with Crippen molar-refractivity contribution in [3.63, 3.8) is 0 Å². The number of aromatic hydroxyl groups is 1. The van der Waals surface area contributed by atoms with Crippen LogP contribution in [0.4, 0.5) is 0 Å². The lowest BCUT2D eigenvalue weighted by Crippen LogP contribution is -2.30. The van der Waals surface area contributed by atoms with Crippen molar-refractivity contribution in [1.29, 1.82) is 0 Å². The van der Waals surface area contributed by atoms with Crippen LogP contribution >= 0.6 is 0 Å². The third-order valence-electron chi connectivity index (χ3n) is 7.38. The van der Waals surface area contributed by atoms with Gasteiger partial charge in [0.1, 0.15) is 18.0 Å². The maximum atomic E-state index is 12.7. The molecule has 4 N–H and O–H groups in total. The molecule has 2 aliphatic heterocycles. The molecule has 0 saturated carbocycles. The monoisotopic (exact) mass is 449 g/mol. The molecular weight excluding hydrogens is 424 g/mol. The van der Waals surface area contributed by atoms with E-state index in [0.29, 0.717) is 5.56 Å². The smallest absolute Gasteiger partial charge is 0.252 e. The van der Waals surface area contributed by atoms with E-state index in [2.05, 4.69) is 50.4 Å². The number of nitrogens with zero attached hydrogens (tertiary/aromatic N) is 1. The first kappa shape index (κ1) is 19.4. The molecule has 1 aliphatic carbocycles. The lowest BCUT2D eigenvalue weighted by atomic mass is 9.95. The van der Waals surface area contributed by atoms with Crippen molar-refractivity contribution in [3.8, 4) is 5.75 Å². The number of phenols is 1. The molecule has 2 aromatic heterocycles. The molecule has 0 bridgehead atoms. The number of carbonyl (C=O) groups excluding carboxylic acids is 1. The highest BCUT2D eigenvalue weighted by atomic mass is 16.3. The molecule has 4 aromatic rings. The van der Waals surface area contributed by atoms with Crippen LogP contribution in [0.2, 0.25) is 0 Å². The fourth-order valence-electron chi connectivity index (χ4n) is 5.81. The normalized spacial score (nSPS) is 19.8. The van der Waals surface area contributed by atoms with Gasteiger partial charge in [0, 0.05) is 50.3 Å². The van der Waals surface area contributed by atoms with E-state index in [1.54, 1.807) is 18.2 Å². The first-order chi connectivity index (χ1) is 16.7. The molecule has 6 nitrogen and oxygen atoms in total. The Bertz CT molecular complexity index is 1650. The van der Waals surface area contributed by atoms with Gasteiger partial charge in [-0.25, -0.2) is 4.58 Å². The summed E-state index contributed by atoms with van der Waals surface area (Å²) in [5.41, 5.74) is 7.25. The van der Waals surface area contributed by atoms with E-state index in [0.717, 1.165) is 60.1 Å². The number of aromatic amines is 2. The summed E-state index contributed by atoms with van der Waals surface area (Å²) in [4.78, 5) is 20.0. The van der Waals surface area contributed by atoms with E-state index in [9.17, 15) is 9.90 Å². The number of para-hydroxylation sites is 1. The highest BCUT2D eigenvalue weighted by molar-refractivity contribution is 6.02. The molecule has 0 spiro atoms. The summed E-state index contributed by atoms with van der Waals surface area (Å²) in [5, 5.41) is 17.0. The highest BCUT2D eigenvalue weighted by Crippen LogP contribution is 2.38. The van der Waals surface area contributed by atoms with Gasteiger partial charge in [0.2, 0.25) is 0 Å². The molecule has 168 valence electrons. The number of hydrogen-bond acceptors (Lipinski definition) is 2. The van der Waals surface area contributed by atoms with Gasteiger partial charge in [-0.05, 0) is 42.7 Å². The molecule has 1 unspecified atom stereocenters. The van der Waals surface area contributed by atoms with E-state index in [1.165, 1.54) is 21.8 Å². The van der Waals surface area contributed by atoms with Crippen LogP contribution in [0.5, 0.6) is 5.75 Å². The fourth-order valence-corrected chi connectivity index (χ4v) is 5.81. The molecular formula is C28H25N4O2+. The van der Waals surface area contributed by atoms with Crippen LogP contribution in [-0.2, 0) is 13.0 Å². The maximum absolute atomic E-state index is 12.7. The summed E-state index contributed by atoms with van der Waals surface area (Å²) in [5.74, 6) is 0.0593. The first-order valence-electron chi connectivity index (χ1n) is 11.9. The molecule has 2 aromatic carbocycles. The van der Waals surface area contributed by atoms with Gasteiger partial charge in [-0.15, -0.1) is 0 Å².